The zero-order chi connectivity index (χ0) is 10.8. The largest absolute Gasteiger partial charge is 0.313 e. The third-order valence-electron chi connectivity index (χ3n) is 2.28. The Bertz CT molecular complexity index is 242. The highest BCUT2D eigenvalue weighted by Gasteiger charge is 2.26. The summed E-state index contributed by atoms with van der Waals surface area (Å²) in [7, 11) is 0. The Morgan fingerprint density at radius 1 is 1.57 bits per heavy atom. The molecule has 1 unspecified atom stereocenters. The first kappa shape index (κ1) is 11.2. The van der Waals surface area contributed by atoms with E-state index in [1.165, 1.54) is 0 Å². The molecule has 14 heavy (non-hydrogen) atoms. The van der Waals surface area contributed by atoms with Gasteiger partial charge in [-0.05, 0) is 18.4 Å². The highest BCUT2D eigenvalue weighted by atomic mass is 16.2. The molecule has 0 aromatic heterocycles. The highest BCUT2D eigenvalue weighted by Crippen LogP contribution is 2.17. The van der Waals surface area contributed by atoms with Gasteiger partial charge in [-0.15, -0.1) is 0 Å². The number of carbonyl (C=O) groups is 1. The van der Waals surface area contributed by atoms with Crippen molar-refractivity contribution in [2.45, 2.75) is 39.7 Å². The molecule has 0 aliphatic carbocycles. The molecule has 3 N–H and O–H groups in total. The number of hydrogen-bond acceptors (Lipinski definition) is 3. The maximum Gasteiger partial charge on any atom is 0.227 e. The van der Waals surface area contributed by atoms with E-state index in [0.29, 0.717) is 17.7 Å². The average Bonchev–Trinajstić information content (AvgIpc) is 2.27. The van der Waals surface area contributed by atoms with Gasteiger partial charge in [0.05, 0.1) is 6.04 Å². The van der Waals surface area contributed by atoms with E-state index >= 15 is 0 Å². The van der Waals surface area contributed by atoms with E-state index in [0.717, 1.165) is 13.0 Å². The summed E-state index contributed by atoms with van der Waals surface area (Å²) in [4.78, 5) is 10.9. The third kappa shape index (κ3) is 3.46. The first-order valence-electron chi connectivity index (χ1n) is 5.00. The predicted molar refractivity (Wildman–Crippen MR) is 56.3 cm³/mol. The van der Waals surface area contributed by atoms with Crippen molar-refractivity contribution in [2.75, 3.05) is 6.54 Å². The molecule has 0 aromatic carbocycles. The van der Waals surface area contributed by atoms with Crippen molar-refractivity contribution in [1.82, 2.24) is 10.6 Å². The maximum atomic E-state index is 10.9. The monoisotopic (exact) mass is 197 g/mol. The molecule has 1 aliphatic heterocycles. The van der Waals surface area contributed by atoms with Crippen LogP contribution in [-0.4, -0.2) is 24.3 Å². The topological polar surface area (TPSA) is 65.0 Å². The summed E-state index contributed by atoms with van der Waals surface area (Å²) >= 11 is 0. The molecule has 1 amide bonds. The lowest BCUT2D eigenvalue weighted by Crippen LogP contribution is -2.37. The van der Waals surface area contributed by atoms with Crippen molar-refractivity contribution < 1.29 is 4.79 Å². The second kappa shape index (κ2) is 4.09. The molecule has 1 aliphatic rings. The van der Waals surface area contributed by atoms with E-state index in [9.17, 15) is 4.79 Å². The fourth-order valence-electron chi connectivity index (χ4n) is 1.37. The lowest BCUT2D eigenvalue weighted by molar-refractivity contribution is -0.118. The molecule has 0 spiro atoms. The molecular weight excluding hydrogens is 178 g/mol. The Balaban J connectivity index is 2.26. The van der Waals surface area contributed by atoms with Crippen LogP contribution in [0.25, 0.3) is 0 Å². The first-order valence-corrected chi connectivity index (χ1v) is 5.00. The van der Waals surface area contributed by atoms with Gasteiger partial charge in [0.2, 0.25) is 5.91 Å². The number of carbonyl (C=O) groups excluding carboxylic acids is 1. The van der Waals surface area contributed by atoms with Gasteiger partial charge in [0.1, 0.15) is 5.84 Å². The van der Waals surface area contributed by atoms with E-state index in [1.54, 1.807) is 0 Å². The Morgan fingerprint density at radius 3 is 2.64 bits per heavy atom. The molecule has 1 heterocycles. The van der Waals surface area contributed by atoms with Gasteiger partial charge in [-0.1, -0.05) is 20.8 Å². The molecule has 4 heteroatoms. The van der Waals surface area contributed by atoms with Crippen LogP contribution in [0.5, 0.6) is 0 Å². The average molecular weight is 197 g/mol. The Labute approximate surface area is 85.0 Å². The maximum absolute atomic E-state index is 10.9. The van der Waals surface area contributed by atoms with Crippen molar-refractivity contribution in [3.63, 3.8) is 0 Å². The smallest absolute Gasteiger partial charge is 0.227 e. The lowest BCUT2D eigenvalue weighted by atomic mass is 9.92. The zero-order valence-electron chi connectivity index (χ0n) is 9.11. The van der Waals surface area contributed by atoms with Gasteiger partial charge in [0.25, 0.3) is 0 Å². The molecule has 1 saturated heterocycles. The van der Waals surface area contributed by atoms with Crippen LogP contribution < -0.4 is 10.6 Å². The van der Waals surface area contributed by atoms with Crippen LogP contribution in [-0.2, 0) is 4.79 Å². The Kier molecular flexibility index (Phi) is 3.26. The number of amides is 1. The lowest BCUT2D eigenvalue weighted by Gasteiger charge is -2.19. The molecule has 1 fully saturated rings. The van der Waals surface area contributed by atoms with Gasteiger partial charge < -0.3 is 10.6 Å². The van der Waals surface area contributed by atoms with Crippen LogP contribution in [0.2, 0.25) is 0 Å². The van der Waals surface area contributed by atoms with Gasteiger partial charge >= 0.3 is 0 Å². The summed E-state index contributed by atoms with van der Waals surface area (Å²) in [6.45, 7) is 7.39. The molecule has 1 rings (SSSR count). The quantitative estimate of drug-likeness (QED) is 0.628. The van der Waals surface area contributed by atoms with Crippen LogP contribution in [0.1, 0.15) is 33.6 Å². The molecular formula is C10H19N3O. The van der Waals surface area contributed by atoms with Crippen molar-refractivity contribution in [1.29, 1.82) is 5.41 Å². The summed E-state index contributed by atoms with van der Waals surface area (Å²) in [5.41, 5.74) is 0.297. The van der Waals surface area contributed by atoms with Gasteiger partial charge in [0, 0.05) is 6.42 Å². The number of amidine groups is 1. The van der Waals surface area contributed by atoms with Gasteiger partial charge in [0.15, 0.2) is 0 Å². The van der Waals surface area contributed by atoms with E-state index in [2.05, 4.69) is 31.4 Å². The van der Waals surface area contributed by atoms with Crippen LogP contribution in [0.15, 0.2) is 0 Å². The van der Waals surface area contributed by atoms with Crippen LogP contribution in [0, 0.1) is 10.8 Å². The molecule has 1 atom stereocenters. The van der Waals surface area contributed by atoms with Crippen molar-refractivity contribution in [2.24, 2.45) is 5.41 Å². The molecule has 80 valence electrons. The van der Waals surface area contributed by atoms with E-state index in [-0.39, 0.29) is 11.9 Å². The summed E-state index contributed by atoms with van der Waals surface area (Å²) in [6.07, 6.45) is 1.45. The third-order valence-corrected chi connectivity index (χ3v) is 2.28. The normalized spacial score (nSPS) is 22.6. The Hall–Kier alpha value is -0.900. The summed E-state index contributed by atoms with van der Waals surface area (Å²) < 4.78 is 0. The molecule has 0 radical (unpaired) electrons. The van der Waals surface area contributed by atoms with Crippen LogP contribution in [0.4, 0.5) is 0 Å². The van der Waals surface area contributed by atoms with Crippen molar-refractivity contribution in [3.05, 3.63) is 0 Å². The summed E-state index contributed by atoms with van der Waals surface area (Å²) in [5.74, 6) is 0.257. The van der Waals surface area contributed by atoms with Crippen LogP contribution >= 0.6 is 0 Å². The fourth-order valence-corrected chi connectivity index (χ4v) is 1.37. The second-order valence-corrected chi connectivity index (χ2v) is 4.98. The molecule has 0 aromatic rings. The summed E-state index contributed by atoms with van der Waals surface area (Å²) in [6, 6.07) is -0.0927. The SMILES string of the molecule is CC(C)(C)CCNC1CC(=O)NC1=N. The molecule has 0 bridgehead atoms. The van der Waals surface area contributed by atoms with E-state index < -0.39 is 0 Å². The highest BCUT2D eigenvalue weighted by molar-refractivity contribution is 6.06. The molecule has 0 saturated carbocycles. The van der Waals surface area contributed by atoms with Gasteiger partial charge in [-0.2, -0.15) is 0 Å². The number of rotatable bonds is 3. The summed E-state index contributed by atoms with van der Waals surface area (Å²) in [5, 5.41) is 13.2. The fraction of sp³-hybridized carbons (Fsp3) is 0.800. The predicted octanol–water partition coefficient (Wildman–Crippen LogP) is 0.878. The number of nitrogens with one attached hydrogen (secondary N) is 3. The van der Waals surface area contributed by atoms with Crippen molar-refractivity contribution in [3.8, 4) is 0 Å². The minimum atomic E-state index is -0.0927. The zero-order valence-corrected chi connectivity index (χ0v) is 9.11. The van der Waals surface area contributed by atoms with Crippen molar-refractivity contribution >= 4 is 11.7 Å². The number of hydrogen-bond donors (Lipinski definition) is 3. The van der Waals surface area contributed by atoms with Gasteiger partial charge in [-0.25, -0.2) is 0 Å². The molecule has 4 nitrogen and oxygen atoms in total. The van der Waals surface area contributed by atoms with E-state index in [4.69, 9.17) is 5.41 Å². The van der Waals surface area contributed by atoms with Crippen LogP contribution in [0.3, 0.4) is 0 Å². The van der Waals surface area contributed by atoms with Gasteiger partial charge in [-0.3, -0.25) is 10.2 Å². The minimum Gasteiger partial charge on any atom is -0.313 e. The standard InChI is InChI=1S/C10H19N3O/c1-10(2,3)4-5-12-7-6-8(14)13-9(7)11/h7,12H,4-6H2,1-3H3,(H2,11,13,14). The first-order chi connectivity index (χ1) is 6.38. The second-order valence-electron chi connectivity index (χ2n) is 4.98. The minimum absolute atomic E-state index is 0.0525. The Morgan fingerprint density at radius 2 is 2.21 bits per heavy atom. The van der Waals surface area contributed by atoms with E-state index in [1.807, 2.05) is 0 Å².